The normalized spacial score (nSPS) is 10.5. The summed E-state index contributed by atoms with van der Waals surface area (Å²) in [6.45, 7) is 8.45. The second-order valence-corrected chi connectivity index (χ2v) is 7.18. The smallest absolute Gasteiger partial charge is 0.188 e. The molecule has 0 amide bonds. The number of methoxy groups -OCH3 is 1. The molecule has 154 valence electrons. The van der Waals surface area contributed by atoms with Crippen molar-refractivity contribution in [1.29, 1.82) is 0 Å². The molecule has 0 radical (unpaired) electrons. The zero-order valence-electron chi connectivity index (χ0n) is 16.8. The van der Waals surface area contributed by atoms with Crippen molar-refractivity contribution < 1.29 is 4.74 Å². The second kappa shape index (κ2) is 9.28. The van der Waals surface area contributed by atoms with E-state index in [9.17, 15) is 0 Å². The molecule has 2 N–H and O–H groups in total. The molecular weight excluding hydrogens is 412 g/mol. The van der Waals surface area contributed by atoms with Gasteiger partial charge in [-0.25, -0.2) is 4.85 Å². The van der Waals surface area contributed by atoms with Gasteiger partial charge < -0.3 is 15.4 Å². The van der Waals surface area contributed by atoms with E-state index in [-0.39, 0.29) is 0 Å². The van der Waals surface area contributed by atoms with Crippen molar-refractivity contribution in [3.63, 3.8) is 0 Å². The Kier molecular flexibility index (Phi) is 6.11. The van der Waals surface area contributed by atoms with E-state index in [2.05, 4.69) is 30.7 Å². The highest BCUT2D eigenvalue weighted by molar-refractivity contribution is 6.32. The van der Waals surface area contributed by atoms with Crippen LogP contribution in [-0.4, -0.2) is 22.3 Å². The van der Waals surface area contributed by atoms with Crippen LogP contribution < -0.4 is 15.4 Å². The monoisotopic (exact) mass is 430 g/mol. The highest BCUT2D eigenvalue weighted by atomic mass is 35.5. The van der Waals surface area contributed by atoms with Crippen molar-refractivity contribution in [2.45, 2.75) is 13.1 Å². The molecule has 31 heavy (non-hydrogen) atoms. The van der Waals surface area contributed by atoms with Crippen LogP contribution in [0.1, 0.15) is 11.1 Å². The summed E-state index contributed by atoms with van der Waals surface area (Å²) in [7, 11) is 1.58. The molecule has 0 fully saturated rings. The third-order valence-electron chi connectivity index (χ3n) is 4.78. The molecule has 0 bridgehead atoms. The Morgan fingerprint density at radius 1 is 0.903 bits per heavy atom. The highest BCUT2D eigenvalue weighted by Crippen LogP contribution is 2.31. The van der Waals surface area contributed by atoms with Crippen molar-refractivity contribution in [2.24, 2.45) is 0 Å². The van der Waals surface area contributed by atoms with Crippen LogP contribution in [0.3, 0.4) is 0 Å². The Labute approximate surface area is 184 Å². The lowest BCUT2D eigenvalue weighted by Crippen LogP contribution is -2.07. The van der Waals surface area contributed by atoms with Gasteiger partial charge in [0.1, 0.15) is 5.75 Å². The predicted octanol–water partition coefficient (Wildman–Crippen LogP) is 5.46. The summed E-state index contributed by atoms with van der Waals surface area (Å²) < 4.78 is 5.20. The summed E-state index contributed by atoms with van der Waals surface area (Å²) in [6, 6.07) is 15.0. The van der Waals surface area contributed by atoms with Crippen LogP contribution >= 0.6 is 11.6 Å². The topological polar surface area (TPSA) is 76.3 Å². The average Bonchev–Trinajstić information content (AvgIpc) is 2.82. The maximum absolute atomic E-state index is 7.36. The molecule has 0 spiro atoms. The fraction of sp³-hybridized carbons (Fsp3) is 0.130. The lowest BCUT2D eigenvalue weighted by atomic mass is 10.1. The van der Waals surface area contributed by atoms with Gasteiger partial charge in [0, 0.05) is 36.3 Å². The Hall–Kier alpha value is -3.89. The van der Waals surface area contributed by atoms with Gasteiger partial charge in [0.05, 0.1) is 18.7 Å². The van der Waals surface area contributed by atoms with E-state index >= 15 is 0 Å². The van der Waals surface area contributed by atoms with E-state index in [0.717, 1.165) is 21.9 Å². The summed E-state index contributed by atoms with van der Waals surface area (Å²) in [5, 5.41) is 17.6. The van der Waals surface area contributed by atoms with Gasteiger partial charge in [0.25, 0.3) is 0 Å². The van der Waals surface area contributed by atoms with Crippen molar-refractivity contribution in [3.05, 3.63) is 88.5 Å². The zero-order valence-corrected chi connectivity index (χ0v) is 17.5. The SMILES string of the molecule is [C-]#[N+]c1ccc2c(NCc3ccncc3)nnc(NCc3ccc(OC)c(Cl)c3)c2c1. The van der Waals surface area contributed by atoms with Crippen LogP contribution in [0.2, 0.25) is 5.02 Å². The largest absolute Gasteiger partial charge is 0.495 e. The van der Waals surface area contributed by atoms with E-state index < -0.39 is 0 Å². The minimum absolute atomic E-state index is 0.500. The number of nitrogens with one attached hydrogen (secondary N) is 2. The number of hydrogen-bond acceptors (Lipinski definition) is 6. The average molecular weight is 431 g/mol. The van der Waals surface area contributed by atoms with Crippen molar-refractivity contribution in [3.8, 4) is 5.75 Å². The van der Waals surface area contributed by atoms with Crippen LogP contribution in [0.15, 0.2) is 60.9 Å². The molecular formula is C23H19ClN6O. The molecule has 0 aliphatic carbocycles. The molecule has 2 heterocycles. The van der Waals surface area contributed by atoms with Crippen LogP contribution in [0.25, 0.3) is 15.6 Å². The van der Waals surface area contributed by atoms with Gasteiger partial charge in [-0.05, 0) is 41.5 Å². The number of anilines is 2. The summed E-state index contributed by atoms with van der Waals surface area (Å²) in [6.07, 6.45) is 3.50. The summed E-state index contributed by atoms with van der Waals surface area (Å²) >= 11 is 6.23. The number of ether oxygens (including phenoxy) is 1. The van der Waals surface area contributed by atoms with Crippen molar-refractivity contribution >= 4 is 39.7 Å². The van der Waals surface area contributed by atoms with E-state index in [1.807, 2.05) is 42.5 Å². The number of pyridine rings is 1. The third-order valence-corrected chi connectivity index (χ3v) is 5.07. The molecule has 4 rings (SSSR count). The minimum Gasteiger partial charge on any atom is -0.495 e. The second-order valence-electron chi connectivity index (χ2n) is 6.77. The molecule has 0 saturated heterocycles. The Morgan fingerprint density at radius 3 is 2.29 bits per heavy atom. The Morgan fingerprint density at radius 2 is 1.61 bits per heavy atom. The Bertz CT molecular complexity index is 1260. The van der Waals surface area contributed by atoms with E-state index in [1.165, 1.54) is 0 Å². The van der Waals surface area contributed by atoms with E-state index in [0.29, 0.717) is 41.2 Å². The van der Waals surface area contributed by atoms with Gasteiger partial charge in [-0.1, -0.05) is 29.8 Å². The molecule has 0 saturated carbocycles. The predicted molar refractivity (Wildman–Crippen MR) is 123 cm³/mol. The molecule has 0 aliphatic heterocycles. The molecule has 2 aromatic carbocycles. The third kappa shape index (κ3) is 4.65. The maximum Gasteiger partial charge on any atom is 0.188 e. The van der Waals surface area contributed by atoms with Crippen molar-refractivity contribution in [1.82, 2.24) is 15.2 Å². The van der Waals surface area contributed by atoms with E-state index in [4.69, 9.17) is 22.9 Å². The number of benzene rings is 2. The van der Waals surface area contributed by atoms with Crippen LogP contribution in [0.5, 0.6) is 5.75 Å². The first-order valence-electron chi connectivity index (χ1n) is 9.55. The molecule has 7 nitrogen and oxygen atoms in total. The maximum atomic E-state index is 7.36. The highest BCUT2D eigenvalue weighted by Gasteiger charge is 2.11. The fourth-order valence-corrected chi connectivity index (χ4v) is 3.45. The first-order chi connectivity index (χ1) is 15.2. The van der Waals surface area contributed by atoms with Gasteiger partial charge in [0.2, 0.25) is 0 Å². The molecule has 2 aromatic heterocycles. The van der Waals surface area contributed by atoms with Crippen LogP contribution in [-0.2, 0) is 13.1 Å². The molecule has 8 heteroatoms. The number of fused-ring (bicyclic) bond motifs is 1. The summed E-state index contributed by atoms with van der Waals surface area (Å²) in [5.41, 5.74) is 2.60. The number of hydrogen-bond donors (Lipinski definition) is 2. The number of halogens is 1. The van der Waals surface area contributed by atoms with Gasteiger partial charge in [-0.15, -0.1) is 10.2 Å². The van der Waals surface area contributed by atoms with Crippen LogP contribution in [0, 0.1) is 6.57 Å². The summed E-state index contributed by atoms with van der Waals surface area (Å²) in [5.74, 6) is 1.88. The molecule has 4 aromatic rings. The van der Waals surface area contributed by atoms with Gasteiger partial charge in [-0.3, -0.25) is 4.98 Å². The first kappa shape index (κ1) is 20.4. The number of aromatic nitrogens is 3. The quantitative estimate of drug-likeness (QED) is 0.379. The van der Waals surface area contributed by atoms with Gasteiger partial charge in [0.15, 0.2) is 17.3 Å². The summed E-state index contributed by atoms with van der Waals surface area (Å²) in [4.78, 5) is 7.58. The van der Waals surface area contributed by atoms with Gasteiger partial charge >= 0.3 is 0 Å². The first-order valence-corrected chi connectivity index (χ1v) is 9.92. The lowest BCUT2D eigenvalue weighted by Gasteiger charge is -2.13. The van der Waals surface area contributed by atoms with Crippen LogP contribution in [0.4, 0.5) is 17.3 Å². The number of nitrogens with zero attached hydrogens (tertiary/aromatic N) is 4. The van der Waals surface area contributed by atoms with E-state index in [1.54, 1.807) is 25.6 Å². The molecule has 0 aliphatic rings. The van der Waals surface area contributed by atoms with Gasteiger partial charge in [-0.2, -0.15) is 0 Å². The zero-order chi connectivity index (χ0) is 21.6. The molecule has 0 unspecified atom stereocenters. The minimum atomic E-state index is 0.500. The number of rotatable bonds is 7. The standard InChI is InChI=1S/C23H19ClN6O/c1-25-17-4-5-18-19(12-17)23(28-14-16-3-6-21(31-2)20(24)11-16)30-29-22(18)27-13-15-7-9-26-10-8-15/h3-12H,13-14H2,2H3,(H,27,29)(H,28,30). The Balaban J connectivity index is 1.61. The fourth-order valence-electron chi connectivity index (χ4n) is 3.17. The molecule has 0 atom stereocenters. The van der Waals surface area contributed by atoms with Crippen molar-refractivity contribution in [2.75, 3.05) is 17.7 Å². The lowest BCUT2D eigenvalue weighted by molar-refractivity contribution is 0.415.